The van der Waals surface area contributed by atoms with E-state index < -0.39 is 0 Å². The first-order chi connectivity index (χ1) is 13.7. The molecule has 150 valence electrons. The van der Waals surface area contributed by atoms with E-state index in [2.05, 4.69) is 32.9 Å². The summed E-state index contributed by atoms with van der Waals surface area (Å²) in [5, 5.41) is 0. The highest BCUT2D eigenvalue weighted by Gasteiger charge is 2.26. The van der Waals surface area contributed by atoms with Gasteiger partial charge in [0.15, 0.2) is 0 Å². The fourth-order valence-corrected chi connectivity index (χ4v) is 4.94. The van der Waals surface area contributed by atoms with E-state index >= 15 is 0 Å². The van der Waals surface area contributed by atoms with Crippen LogP contribution in [0, 0.1) is 11.8 Å². The SMILES string of the molecule is CN1CCN(C(=O)CCC2CCCC2)CC(Cc2ccnc3cccnc23)C1. The van der Waals surface area contributed by atoms with E-state index in [0.717, 1.165) is 62.4 Å². The van der Waals surface area contributed by atoms with E-state index in [1.165, 1.54) is 31.2 Å². The van der Waals surface area contributed by atoms with Gasteiger partial charge in [-0.15, -0.1) is 0 Å². The Kier molecular flexibility index (Phi) is 6.20. The van der Waals surface area contributed by atoms with Gasteiger partial charge in [-0.1, -0.05) is 25.7 Å². The average Bonchev–Trinajstić information content (AvgIpc) is 3.16. The largest absolute Gasteiger partial charge is 0.341 e. The number of fused-ring (bicyclic) bond motifs is 1. The molecule has 1 atom stereocenters. The molecule has 0 bridgehead atoms. The number of hydrogen-bond acceptors (Lipinski definition) is 4. The van der Waals surface area contributed by atoms with Gasteiger partial charge in [0, 0.05) is 45.0 Å². The third kappa shape index (κ3) is 4.69. The van der Waals surface area contributed by atoms with E-state index in [1.54, 1.807) is 0 Å². The lowest BCUT2D eigenvalue weighted by atomic mass is 9.97. The fourth-order valence-electron chi connectivity index (χ4n) is 4.94. The van der Waals surface area contributed by atoms with Crippen LogP contribution in [0.1, 0.15) is 44.1 Å². The summed E-state index contributed by atoms with van der Waals surface area (Å²) in [5.41, 5.74) is 3.19. The molecule has 2 aliphatic rings. The summed E-state index contributed by atoms with van der Waals surface area (Å²) in [7, 11) is 2.17. The summed E-state index contributed by atoms with van der Waals surface area (Å²) in [6, 6.07) is 6.04. The van der Waals surface area contributed by atoms with Gasteiger partial charge in [0.25, 0.3) is 0 Å². The van der Waals surface area contributed by atoms with Crippen molar-refractivity contribution in [3.63, 3.8) is 0 Å². The smallest absolute Gasteiger partial charge is 0.222 e. The van der Waals surface area contributed by atoms with Gasteiger partial charge in [-0.3, -0.25) is 14.8 Å². The first kappa shape index (κ1) is 19.3. The molecule has 3 heterocycles. The van der Waals surface area contributed by atoms with Crippen LogP contribution in [-0.2, 0) is 11.2 Å². The van der Waals surface area contributed by atoms with E-state index in [0.29, 0.717) is 11.8 Å². The molecular weight excluding hydrogens is 348 g/mol. The Labute approximate surface area is 168 Å². The third-order valence-corrected chi connectivity index (χ3v) is 6.48. The first-order valence-electron chi connectivity index (χ1n) is 10.8. The first-order valence-corrected chi connectivity index (χ1v) is 10.8. The predicted molar refractivity (Wildman–Crippen MR) is 112 cm³/mol. The van der Waals surface area contributed by atoms with Crippen LogP contribution in [0.3, 0.4) is 0 Å². The maximum atomic E-state index is 12.9. The lowest BCUT2D eigenvalue weighted by Crippen LogP contribution is -2.36. The maximum Gasteiger partial charge on any atom is 0.222 e. The van der Waals surface area contributed by atoms with Crippen LogP contribution in [0.5, 0.6) is 0 Å². The fraction of sp³-hybridized carbons (Fsp3) is 0.609. The molecule has 1 saturated heterocycles. The third-order valence-electron chi connectivity index (χ3n) is 6.48. The zero-order valence-electron chi connectivity index (χ0n) is 17.0. The molecule has 1 unspecified atom stereocenters. The van der Waals surface area contributed by atoms with Gasteiger partial charge in [-0.2, -0.15) is 0 Å². The molecule has 5 nitrogen and oxygen atoms in total. The van der Waals surface area contributed by atoms with Crippen molar-refractivity contribution in [3.05, 3.63) is 36.2 Å². The van der Waals surface area contributed by atoms with Crippen molar-refractivity contribution in [2.75, 3.05) is 33.2 Å². The lowest BCUT2D eigenvalue weighted by molar-refractivity contribution is -0.131. The molecule has 1 amide bonds. The molecule has 5 heteroatoms. The molecule has 2 aromatic rings. The zero-order chi connectivity index (χ0) is 19.3. The molecule has 1 aliphatic carbocycles. The van der Waals surface area contributed by atoms with Gasteiger partial charge < -0.3 is 9.80 Å². The summed E-state index contributed by atoms with van der Waals surface area (Å²) in [6.45, 7) is 3.68. The summed E-state index contributed by atoms with van der Waals surface area (Å²) in [4.78, 5) is 26.4. The van der Waals surface area contributed by atoms with Crippen molar-refractivity contribution in [2.45, 2.75) is 44.9 Å². The van der Waals surface area contributed by atoms with Crippen LogP contribution in [0.4, 0.5) is 0 Å². The van der Waals surface area contributed by atoms with Crippen molar-refractivity contribution < 1.29 is 4.79 Å². The zero-order valence-corrected chi connectivity index (χ0v) is 17.0. The van der Waals surface area contributed by atoms with Crippen LogP contribution in [0.2, 0.25) is 0 Å². The Morgan fingerprint density at radius 2 is 1.93 bits per heavy atom. The monoisotopic (exact) mass is 380 g/mol. The highest BCUT2D eigenvalue weighted by Crippen LogP contribution is 2.29. The van der Waals surface area contributed by atoms with Crippen molar-refractivity contribution in [1.82, 2.24) is 19.8 Å². The molecule has 1 aliphatic heterocycles. The second kappa shape index (κ2) is 8.99. The number of pyridine rings is 2. The lowest BCUT2D eigenvalue weighted by Gasteiger charge is -2.25. The summed E-state index contributed by atoms with van der Waals surface area (Å²) < 4.78 is 0. The minimum atomic E-state index is 0.352. The Balaban J connectivity index is 1.43. The molecule has 0 N–H and O–H groups in total. The summed E-state index contributed by atoms with van der Waals surface area (Å²) in [6.07, 6.45) is 11.8. The number of hydrogen-bond donors (Lipinski definition) is 0. The molecule has 0 spiro atoms. The molecule has 28 heavy (non-hydrogen) atoms. The number of amides is 1. The van der Waals surface area contributed by atoms with Crippen LogP contribution >= 0.6 is 0 Å². The molecule has 0 radical (unpaired) electrons. The Bertz CT molecular complexity index is 797. The molecule has 1 saturated carbocycles. The molecule has 4 rings (SSSR count). The number of carbonyl (C=O) groups excluding carboxylic acids is 1. The second-order valence-electron chi connectivity index (χ2n) is 8.70. The van der Waals surface area contributed by atoms with Crippen molar-refractivity contribution >= 4 is 16.9 Å². The van der Waals surface area contributed by atoms with Crippen LogP contribution in [-0.4, -0.2) is 58.9 Å². The van der Waals surface area contributed by atoms with Gasteiger partial charge in [-0.25, -0.2) is 0 Å². The molecule has 2 fully saturated rings. The molecule has 2 aromatic heterocycles. The standard InChI is InChI=1S/C23H32N4O/c1-26-13-14-27(22(28)9-8-18-5-2-3-6-18)17-19(16-26)15-20-10-12-24-21-7-4-11-25-23(20)21/h4,7,10-12,18-19H,2-3,5-6,8-9,13-17H2,1H3. The Hall–Kier alpha value is -2.01. The van der Waals surface area contributed by atoms with Crippen molar-refractivity contribution in [2.24, 2.45) is 11.8 Å². The van der Waals surface area contributed by atoms with Gasteiger partial charge in [0.1, 0.15) is 0 Å². The highest BCUT2D eigenvalue weighted by molar-refractivity contribution is 5.77. The number of rotatable bonds is 5. The van der Waals surface area contributed by atoms with Gasteiger partial charge in [0.05, 0.1) is 11.0 Å². The predicted octanol–water partition coefficient (Wildman–Crippen LogP) is 3.53. The topological polar surface area (TPSA) is 49.3 Å². The molecule has 0 aromatic carbocycles. The summed E-state index contributed by atoms with van der Waals surface area (Å²) in [5.74, 6) is 1.56. The van der Waals surface area contributed by atoms with Crippen LogP contribution < -0.4 is 0 Å². The van der Waals surface area contributed by atoms with Crippen LogP contribution in [0.25, 0.3) is 11.0 Å². The Morgan fingerprint density at radius 1 is 1.07 bits per heavy atom. The maximum absolute atomic E-state index is 12.9. The second-order valence-corrected chi connectivity index (χ2v) is 8.70. The minimum Gasteiger partial charge on any atom is -0.341 e. The van der Waals surface area contributed by atoms with E-state index in [4.69, 9.17) is 0 Å². The van der Waals surface area contributed by atoms with E-state index in [9.17, 15) is 4.79 Å². The normalized spacial score (nSPS) is 21.9. The number of nitrogens with zero attached hydrogens (tertiary/aromatic N) is 4. The van der Waals surface area contributed by atoms with Gasteiger partial charge in [0.2, 0.25) is 5.91 Å². The number of carbonyl (C=O) groups is 1. The number of likely N-dealkylation sites (N-methyl/N-ethyl adjacent to an activating group) is 1. The van der Waals surface area contributed by atoms with Crippen molar-refractivity contribution in [3.8, 4) is 0 Å². The molecular formula is C23H32N4O. The van der Waals surface area contributed by atoms with E-state index in [-0.39, 0.29) is 0 Å². The quantitative estimate of drug-likeness (QED) is 0.796. The van der Waals surface area contributed by atoms with Crippen LogP contribution in [0.15, 0.2) is 30.6 Å². The van der Waals surface area contributed by atoms with Gasteiger partial charge in [-0.05, 0) is 55.5 Å². The van der Waals surface area contributed by atoms with E-state index in [1.807, 2.05) is 24.5 Å². The highest BCUT2D eigenvalue weighted by atomic mass is 16.2. The summed E-state index contributed by atoms with van der Waals surface area (Å²) >= 11 is 0. The minimum absolute atomic E-state index is 0.352. The Morgan fingerprint density at radius 3 is 2.79 bits per heavy atom. The van der Waals surface area contributed by atoms with Gasteiger partial charge >= 0.3 is 0 Å². The van der Waals surface area contributed by atoms with Crippen molar-refractivity contribution in [1.29, 1.82) is 0 Å². The number of aromatic nitrogens is 2. The average molecular weight is 381 g/mol.